The normalized spacial score (nSPS) is 23.9. The molecule has 6 heteroatoms. The van der Waals surface area contributed by atoms with Crippen molar-refractivity contribution in [2.45, 2.75) is 24.9 Å². The molecule has 1 saturated heterocycles. The van der Waals surface area contributed by atoms with Crippen molar-refractivity contribution in [1.29, 1.82) is 0 Å². The lowest BCUT2D eigenvalue weighted by Crippen LogP contribution is -2.43. The number of anilines is 3. The summed E-state index contributed by atoms with van der Waals surface area (Å²) in [7, 11) is 2.15. The van der Waals surface area contributed by atoms with Crippen molar-refractivity contribution in [2.75, 3.05) is 29.9 Å². The molecule has 5 nitrogen and oxygen atoms in total. The van der Waals surface area contributed by atoms with Crippen molar-refractivity contribution in [3.8, 4) is 0 Å². The second-order valence-electron chi connectivity index (χ2n) is 7.45. The summed E-state index contributed by atoms with van der Waals surface area (Å²) in [6, 6.07) is 12.3. The number of rotatable bonds is 0. The van der Waals surface area contributed by atoms with Gasteiger partial charge in [0, 0.05) is 29.2 Å². The molecule has 3 heterocycles. The van der Waals surface area contributed by atoms with Crippen LogP contribution in [0.25, 0.3) is 0 Å². The number of nitrogens with zero attached hydrogens (tertiary/aromatic N) is 3. The lowest BCUT2D eigenvalue weighted by atomic mass is 9.89. The van der Waals surface area contributed by atoms with Gasteiger partial charge in [0.15, 0.2) is 0 Å². The first-order chi connectivity index (χ1) is 12.5. The molecular weight excluding hydrogens is 350 g/mol. The minimum atomic E-state index is -0.946. The Morgan fingerprint density at radius 1 is 1.23 bits per heavy atom. The van der Waals surface area contributed by atoms with Crippen molar-refractivity contribution in [2.24, 2.45) is 0 Å². The zero-order valence-corrected chi connectivity index (χ0v) is 15.3. The first kappa shape index (κ1) is 16.0. The molecule has 5 rings (SSSR count). The summed E-state index contributed by atoms with van der Waals surface area (Å²) in [5, 5.41) is 10.5. The van der Waals surface area contributed by atoms with E-state index in [1.165, 1.54) is 10.5 Å². The summed E-state index contributed by atoms with van der Waals surface area (Å²) < 4.78 is 0. The summed E-state index contributed by atoms with van der Waals surface area (Å²) in [6.07, 6.45) is 0.104. The van der Waals surface area contributed by atoms with Crippen LogP contribution in [0.5, 0.6) is 0 Å². The molecule has 1 amide bonds. The Kier molecular flexibility index (Phi) is 3.46. The third kappa shape index (κ3) is 2.17. The van der Waals surface area contributed by atoms with Crippen molar-refractivity contribution in [3.05, 3.63) is 52.5 Å². The fourth-order valence-electron chi connectivity index (χ4n) is 4.84. The molecule has 3 aliphatic heterocycles. The number of amides is 1. The molecule has 0 saturated carbocycles. The molecule has 0 spiro atoms. The first-order valence-electron chi connectivity index (χ1n) is 8.94. The number of halogens is 1. The van der Waals surface area contributed by atoms with E-state index in [0.29, 0.717) is 29.2 Å². The van der Waals surface area contributed by atoms with E-state index in [4.69, 9.17) is 11.6 Å². The van der Waals surface area contributed by atoms with Crippen molar-refractivity contribution < 1.29 is 9.90 Å². The molecule has 26 heavy (non-hydrogen) atoms. The summed E-state index contributed by atoms with van der Waals surface area (Å²) in [5.41, 5.74) is 5.05. The Bertz CT molecular complexity index is 916. The fourth-order valence-corrected chi connectivity index (χ4v) is 5.07. The van der Waals surface area contributed by atoms with Crippen LogP contribution in [0.3, 0.4) is 0 Å². The molecular formula is C20H20ClN3O2. The second kappa shape index (κ2) is 5.63. The lowest BCUT2D eigenvalue weighted by molar-refractivity contribution is 0.201. The molecule has 0 bridgehead atoms. The maximum Gasteiger partial charge on any atom is 0.412 e. The van der Waals surface area contributed by atoms with Crippen LogP contribution < -0.4 is 9.80 Å². The number of hydrogen-bond acceptors (Lipinski definition) is 3. The number of carboxylic acid groups (broad SMARTS) is 1. The van der Waals surface area contributed by atoms with Gasteiger partial charge in [0.1, 0.15) is 0 Å². The van der Waals surface area contributed by atoms with E-state index in [1.54, 1.807) is 6.07 Å². The van der Waals surface area contributed by atoms with Crippen LogP contribution in [0, 0.1) is 0 Å². The molecule has 1 fully saturated rings. The lowest BCUT2D eigenvalue weighted by Gasteiger charge is -2.37. The molecule has 0 radical (unpaired) electrons. The number of piperidine rings is 1. The van der Waals surface area contributed by atoms with Gasteiger partial charge in [-0.15, -0.1) is 0 Å². The Hall–Kier alpha value is -2.24. The van der Waals surface area contributed by atoms with Gasteiger partial charge in [-0.2, -0.15) is 0 Å². The molecule has 0 aliphatic carbocycles. The summed E-state index contributed by atoms with van der Waals surface area (Å²) in [4.78, 5) is 18.2. The third-order valence-electron chi connectivity index (χ3n) is 5.94. The number of para-hydroxylation sites is 1. The van der Waals surface area contributed by atoms with Crippen LogP contribution in [0.15, 0.2) is 36.4 Å². The van der Waals surface area contributed by atoms with Gasteiger partial charge in [-0.1, -0.05) is 29.8 Å². The smallest absolute Gasteiger partial charge is 0.412 e. The highest BCUT2D eigenvalue weighted by molar-refractivity contribution is 6.31. The number of benzene rings is 2. The first-order valence-corrected chi connectivity index (χ1v) is 9.32. The number of hydrogen-bond donors (Lipinski definition) is 1. The van der Waals surface area contributed by atoms with Crippen molar-refractivity contribution in [3.63, 3.8) is 0 Å². The van der Waals surface area contributed by atoms with Gasteiger partial charge < -0.3 is 14.9 Å². The van der Waals surface area contributed by atoms with Gasteiger partial charge in [0.25, 0.3) is 0 Å². The SMILES string of the molecule is CN1CCC2C(C1)c1cc(Cl)cc3c1N2c1ccccc1CN3C(=O)O. The van der Waals surface area contributed by atoms with Gasteiger partial charge in [-0.05, 0) is 49.3 Å². The largest absolute Gasteiger partial charge is 0.465 e. The van der Waals surface area contributed by atoms with E-state index in [-0.39, 0.29) is 0 Å². The molecule has 3 aliphatic rings. The zero-order chi connectivity index (χ0) is 18.0. The highest BCUT2D eigenvalue weighted by atomic mass is 35.5. The quantitative estimate of drug-likeness (QED) is 0.753. The minimum absolute atomic E-state index is 0.336. The highest BCUT2D eigenvalue weighted by Gasteiger charge is 2.46. The molecule has 2 unspecified atom stereocenters. The Morgan fingerprint density at radius 2 is 2.04 bits per heavy atom. The zero-order valence-electron chi connectivity index (χ0n) is 14.5. The van der Waals surface area contributed by atoms with Crippen LogP contribution in [0.1, 0.15) is 23.5 Å². The predicted octanol–water partition coefficient (Wildman–Crippen LogP) is 4.28. The predicted molar refractivity (Wildman–Crippen MR) is 103 cm³/mol. The standard InChI is InChI=1S/C20H20ClN3O2/c1-22-7-6-17-15(11-22)14-8-13(21)9-18-19(14)24(17)16-5-3-2-4-12(16)10-23(18)20(25)26/h2-5,8-9,15,17H,6-7,10-11H2,1H3,(H,25,26). The number of carbonyl (C=O) groups is 1. The fraction of sp³-hybridized carbons (Fsp3) is 0.350. The molecule has 2 aromatic carbocycles. The molecule has 2 atom stereocenters. The van der Waals surface area contributed by atoms with Crippen molar-refractivity contribution in [1.82, 2.24) is 4.90 Å². The van der Waals surface area contributed by atoms with Gasteiger partial charge in [-0.25, -0.2) is 4.79 Å². The molecule has 2 aromatic rings. The Morgan fingerprint density at radius 3 is 2.85 bits per heavy atom. The van der Waals surface area contributed by atoms with Crippen LogP contribution >= 0.6 is 11.6 Å². The number of likely N-dealkylation sites (tertiary alicyclic amines) is 1. The minimum Gasteiger partial charge on any atom is -0.465 e. The van der Waals surface area contributed by atoms with E-state index >= 15 is 0 Å². The van der Waals surface area contributed by atoms with E-state index in [9.17, 15) is 9.90 Å². The number of fused-ring (bicyclic) bond motifs is 5. The summed E-state index contributed by atoms with van der Waals surface area (Å²) in [5.74, 6) is 0.336. The average Bonchev–Trinajstić information content (AvgIpc) is 2.83. The monoisotopic (exact) mass is 369 g/mol. The molecule has 0 aromatic heterocycles. The maximum absolute atomic E-state index is 12.1. The highest BCUT2D eigenvalue weighted by Crippen LogP contribution is 2.55. The van der Waals surface area contributed by atoms with Gasteiger partial charge >= 0.3 is 6.09 Å². The third-order valence-corrected chi connectivity index (χ3v) is 6.16. The van der Waals surface area contributed by atoms with Crippen molar-refractivity contribution >= 4 is 34.8 Å². The van der Waals surface area contributed by atoms with E-state index in [2.05, 4.69) is 22.9 Å². The average molecular weight is 370 g/mol. The summed E-state index contributed by atoms with van der Waals surface area (Å²) >= 11 is 6.43. The second-order valence-corrected chi connectivity index (χ2v) is 7.89. The molecule has 1 N–H and O–H groups in total. The topological polar surface area (TPSA) is 47.0 Å². The van der Waals surface area contributed by atoms with E-state index < -0.39 is 6.09 Å². The van der Waals surface area contributed by atoms with Crippen LogP contribution in [0.2, 0.25) is 5.02 Å². The molecule has 134 valence electrons. The van der Waals surface area contributed by atoms with E-state index in [1.807, 2.05) is 24.3 Å². The maximum atomic E-state index is 12.1. The van der Waals surface area contributed by atoms with Crippen LogP contribution in [-0.2, 0) is 6.54 Å². The number of likely N-dealkylation sites (N-methyl/N-ethyl adjacent to an activating group) is 1. The Labute approximate surface area is 157 Å². The van der Waals surface area contributed by atoms with Gasteiger partial charge in [0.05, 0.1) is 17.9 Å². The van der Waals surface area contributed by atoms with Gasteiger partial charge in [0.2, 0.25) is 0 Å². The summed E-state index contributed by atoms with van der Waals surface area (Å²) in [6.45, 7) is 2.34. The Balaban J connectivity index is 1.81. The van der Waals surface area contributed by atoms with Gasteiger partial charge in [-0.3, -0.25) is 4.90 Å². The van der Waals surface area contributed by atoms with Crippen LogP contribution in [-0.4, -0.2) is 42.3 Å². The van der Waals surface area contributed by atoms with E-state index in [0.717, 1.165) is 36.4 Å². The van der Waals surface area contributed by atoms with Crippen LogP contribution in [0.4, 0.5) is 21.9 Å².